The van der Waals surface area contributed by atoms with Crippen LogP contribution in [0.3, 0.4) is 0 Å². The Bertz CT molecular complexity index is 394. The molecule has 116 valence electrons. The van der Waals surface area contributed by atoms with E-state index in [0.29, 0.717) is 0 Å². The third kappa shape index (κ3) is 2.33. The number of amides is 1. The van der Waals surface area contributed by atoms with E-state index < -0.39 is 8.32 Å². The minimum Gasteiger partial charge on any atom is -0.416 e. The molecule has 0 aromatic carbocycles. The summed E-state index contributed by atoms with van der Waals surface area (Å²) in [5.74, 6) is 0.134. The van der Waals surface area contributed by atoms with Crippen molar-refractivity contribution in [1.82, 2.24) is 5.06 Å². The van der Waals surface area contributed by atoms with Gasteiger partial charge >= 0.3 is 0 Å². The number of nitrogens with zero attached hydrogens (tertiary/aromatic N) is 1. The molecule has 0 aliphatic heterocycles. The van der Waals surface area contributed by atoms with Crippen molar-refractivity contribution in [3.8, 4) is 0 Å². The molecule has 0 heterocycles. The van der Waals surface area contributed by atoms with Gasteiger partial charge in [0, 0.05) is 13.7 Å². The molecule has 3 aliphatic carbocycles. The molecule has 0 aromatic rings. The normalized spacial score (nSPS) is 32.4. The van der Waals surface area contributed by atoms with Crippen LogP contribution in [0.1, 0.15) is 40.0 Å². The van der Waals surface area contributed by atoms with Gasteiger partial charge in [-0.25, -0.2) is 5.06 Å². The lowest BCUT2D eigenvalue weighted by atomic mass is 9.35. The van der Waals surface area contributed by atoms with Crippen molar-refractivity contribution in [2.75, 3.05) is 20.8 Å². The first-order valence-electron chi connectivity index (χ1n) is 7.43. The molecule has 0 spiro atoms. The molecule has 0 unspecified atom stereocenters. The van der Waals surface area contributed by atoms with E-state index in [1.54, 1.807) is 14.2 Å². The monoisotopic (exact) mass is 299 g/mol. The fraction of sp³-hybridized carbons (Fsp3) is 0.933. The molecule has 0 N–H and O–H groups in total. The van der Waals surface area contributed by atoms with Gasteiger partial charge in [-0.3, -0.25) is 9.63 Å². The first kappa shape index (κ1) is 16.0. The summed E-state index contributed by atoms with van der Waals surface area (Å²) in [5.41, 5.74) is 0.140. The highest BCUT2D eigenvalue weighted by Crippen LogP contribution is 2.74. The number of carbonyl (C=O) groups is 1. The quantitative estimate of drug-likeness (QED) is 0.578. The number of rotatable bonds is 5. The highest BCUT2D eigenvalue weighted by Gasteiger charge is 2.72. The standard InChI is InChI=1S/C15H29NO3Si/c1-13(2,3)20(6,7)19-11-14-8-15(9-14,10-14)12(17)16(4)18-5/h8-11H2,1-7H3. The molecule has 0 aromatic heterocycles. The van der Waals surface area contributed by atoms with Crippen molar-refractivity contribution in [3.05, 3.63) is 0 Å². The van der Waals surface area contributed by atoms with Crippen molar-refractivity contribution < 1.29 is 14.1 Å². The van der Waals surface area contributed by atoms with E-state index >= 15 is 0 Å². The molecular weight excluding hydrogens is 270 g/mol. The Kier molecular flexibility index (Phi) is 3.64. The van der Waals surface area contributed by atoms with Crippen molar-refractivity contribution >= 4 is 14.2 Å². The van der Waals surface area contributed by atoms with Gasteiger partial charge in [0.2, 0.25) is 0 Å². The van der Waals surface area contributed by atoms with Crippen LogP contribution in [-0.2, 0) is 14.1 Å². The highest BCUT2D eigenvalue weighted by atomic mass is 28.4. The topological polar surface area (TPSA) is 38.8 Å². The van der Waals surface area contributed by atoms with Crippen LogP contribution in [0.25, 0.3) is 0 Å². The first-order chi connectivity index (χ1) is 8.97. The Labute approximate surface area is 123 Å². The lowest BCUT2D eigenvalue weighted by Gasteiger charge is -2.70. The zero-order chi connectivity index (χ0) is 15.4. The van der Waals surface area contributed by atoms with Gasteiger partial charge in [-0.1, -0.05) is 20.8 Å². The lowest BCUT2D eigenvalue weighted by molar-refractivity contribution is -0.247. The summed E-state index contributed by atoms with van der Waals surface area (Å²) in [7, 11) is 1.56. The SMILES string of the molecule is CON(C)C(=O)C12CC(CO[Si](C)(C)C(C)(C)C)(C1)C2. The van der Waals surface area contributed by atoms with Gasteiger partial charge in [-0.05, 0) is 42.8 Å². The Balaban J connectivity index is 1.85. The molecule has 0 radical (unpaired) electrons. The van der Waals surface area contributed by atoms with Crippen LogP contribution < -0.4 is 0 Å². The zero-order valence-electron chi connectivity index (χ0n) is 14.0. The van der Waals surface area contributed by atoms with Crippen LogP contribution in [0.5, 0.6) is 0 Å². The van der Waals surface area contributed by atoms with Gasteiger partial charge in [-0.2, -0.15) is 0 Å². The molecule has 4 nitrogen and oxygen atoms in total. The molecule has 3 fully saturated rings. The number of carbonyl (C=O) groups excluding carboxylic acids is 1. The Morgan fingerprint density at radius 3 is 2.15 bits per heavy atom. The van der Waals surface area contributed by atoms with Crippen LogP contribution in [0.2, 0.25) is 18.1 Å². The number of hydrogen-bond acceptors (Lipinski definition) is 3. The predicted octanol–water partition coefficient (Wildman–Crippen LogP) is 3.20. The van der Waals surface area contributed by atoms with Crippen LogP contribution in [0, 0.1) is 10.8 Å². The summed E-state index contributed by atoms with van der Waals surface area (Å²) < 4.78 is 6.33. The average molecular weight is 299 g/mol. The minimum absolute atomic E-state index is 0.134. The largest absolute Gasteiger partial charge is 0.416 e. The van der Waals surface area contributed by atoms with Gasteiger partial charge in [0.15, 0.2) is 8.32 Å². The smallest absolute Gasteiger partial charge is 0.252 e. The molecule has 3 aliphatic rings. The van der Waals surface area contributed by atoms with E-state index in [-0.39, 0.29) is 21.8 Å². The van der Waals surface area contributed by atoms with E-state index in [9.17, 15) is 4.79 Å². The summed E-state index contributed by atoms with van der Waals surface area (Å²) in [6.45, 7) is 12.2. The summed E-state index contributed by atoms with van der Waals surface area (Å²) in [5, 5.41) is 1.62. The van der Waals surface area contributed by atoms with Crippen LogP contribution in [0.15, 0.2) is 0 Å². The Morgan fingerprint density at radius 2 is 1.75 bits per heavy atom. The molecule has 2 bridgehead atoms. The van der Waals surface area contributed by atoms with Gasteiger partial charge in [0.05, 0.1) is 12.5 Å². The molecule has 3 rings (SSSR count). The van der Waals surface area contributed by atoms with E-state index in [1.165, 1.54) is 5.06 Å². The van der Waals surface area contributed by atoms with Crippen molar-refractivity contribution in [1.29, 1.82) is 0 Å². The lowest BCUT2D eigenvalue weighted by Crippen LogP contribution is -2.69. The van der Waals surface area contributed by atoms with E-state index in [2.05, 4.69) is 33.9 Å². The molecular formula is C15H29NO3Si. The Morgan fingerprint density at radius 1 is 1.25 bits per heavy atom. The second-order valence-corrected chi connectivity index (χ2v) is 13.2. The molecule has 3 saturated carbocycles. The van der Waals surface area contributed by atoms with Gasteiger partial charge in [0.25, 0.3) is 5.91 Å². The number of hydroxylamine groups is 2. The second-order valence-electron chi connectivity index (χ2n) is 8.34. The summed E-state index contributed by atoms with van der Waals surface area (Å²) in [6, 6.07) is 0. The third-order valence-electron chi connectivity index (χ3n) is 5.70. The van der Waals surface area contributed by atoms with Crippen molar-refractivity contribution in [2.45, 2.75) is 58.2 Å². The summed E-state index contributed by atoms with van der Waals surface area (Å²) in [6.07, 6.45) is 2.92. The molecule has 5 heteroatoms. The highest BCUT2D eigenvalue weighted by molar-refractivity contribution is 6.74. The van der Waals surface area contributed by atoms with Gasteiger partial charge < -0.3 is 4.43 Å². The summed E-state index contributed by atoms with van der Waals surface area (Å²) >= 11 is 0. The van der Waals surface area contributed by atoms with E-state index in [1.807, 2.05) is 0 Å². The fourth-order valence-electron chi connectivity index (χ4n) is 3.35. The molecule has 20 heavy (non-hydrogen) atoms. The maximum absolute atomic E-state index is 12.2. The maximum Gasteiger partial charge on any atom is 0.252 e. The fourth-order valence-corrected chi connectivity index (χ4v) is 4.45. The maximum atomic E-state index is 12.2. The number of hydrogen-bond donors (Lipinski definition) is 0. The van der Waals surface area contributed by atoms with Crippen LogP contribution in [0.4, 0.5) is 0 Å². The summed E-state index contributed by atoms with van der Waals surface area (Å²) in [4.78, 5) is 17.2. The minimum atomic E-state index is -1.67. The molecule has 0 atom stereocenters. The van der Waals surface area contributed by atoms with Crippen molar-refractivity contribution in [2.24, 2.45) is 10.8 Å². The van der Waals surface area contributed by atoms with E-state index in [4.69, 9.17) is 9.26 Å². The Hall–Kier alpha value is -0.393. The first-order valence-corrected chi connectivity index (χ1v) is 10.3. The molecule has 1 amide bonds. The molecule has 0 saturated heterocycles. The average Bonchev–Trinajstić information content (AvgIpc) is 2.22. The van der Waals surface area contributed by atoms with Crippen LogP contribution in [-0.4, -0.2) is 40.1 Å². The predicted molar refractivity (Wildman–Crippen MR) is 81.6 cm³/mol. The zero-order valence-corrected chi connectivity index (χ0v) is 15.0. The third-order valence-corrected chi connectivity index (χ3v) is 10.2. The van der Waals surface area contributed by atoms with Gasteiger partial charge in [-0.15, -0.1) is 0 Å². The second kappa shape index (κ2) is 4.55. The van der Waals surface area contributed by atoms with Crippen molar-refractivity contribution in [3.63, 3.8) is 0 Å². The van der Waals surface area contributed by atoms with Gasteiger partial charge in [0.1, 0.15) is 0 Å². The van der Waals surface area contributed by atoms with E-state index in [0.717, 1.165) is 25.9 Å². The van der Waals surface area contributed by atoms with Crippen LogP contribution >= 0.6 is 0 Å².